The van der Waals surface area contributed by atoms with Crippen LogP contribution in [0, 0.1) is 5.82 Å². The lowest BCUT2D eigenvalue weighted by Gasteiger charge is -2.09. The Labute approximate surface area is 130 Å². The van der Waals surface area contributed by atoms with Gasteiger partial charge in [0.25, 0.3) is 0 Å². The molecule has 0 heterocycles. The molecular weight excluding hydrogens is 318 g/mol. The van der Waals surface area contributed by atoms with E-state index in [0.29, 0.717) is 21.4 Å². The van der Waals surface area contributed by atoms with E-state index in [0.717, 1.165) is 6.07 Å². The molecule has 0 unspecified atom stereocenters. The average Bonchev–Trinajstić information content (AvgIpc) is 2.45. The van der Waals surface area contributed by atoms with E-state index in [4.69, 9.17) is 38.9 Å². The van der Waals surface area contributed by atoms with E-state index in [1.54, 1.807) is 24.3 Å². The SMILES string of the molecule is N/C(=N/O)c1cc(F)cc(COc2ccc(Cl)cc2Cl)c1. The van der Waals surface area contributed by atoms with Crippen molar-refractivity contribution < 1.29 is 14.3 Å². The van der Waals surface area contributed by atoms with Crippen molar-refractivity contribution in [1.82, 2.24) is 0 Å². The summed E-state index contributed by atoms with van der Waals surface area (Å²) < 4.78 is 19.0. The van der Waals surface area contributed by atoms with Crippen molar-refractivity contribution in [3.05, 3.63) is 63.4 Å². The molecular formula is C14H11Cl2FN2O2. The van der Waals surface area contributed by atoms with Crippen molar-refractivity contribution >= 4 is 29.0 Å². The van der Waals surface area contributed by atoms with Crippen molar-refractivity contribution in [2.24, 2.45) is 10.9 Å². The molecule has 21 heavy (non-hydrogen) atoms. The van der Waals surface area contributed by atoms with Gasteiger partial charge in [0.05, 0.1) is 5.02 Å². The van der Waals surface area contributed by atoms with E-state index in [-0.39, 0.29) is 18.0 Å². The number of ether oxygens (including phenoxy) is 1. The van der Waals surface area contributed by atoms with Crippen LogP contribution in [-0.2, 0) is 6.61 Å². The second-order valence-corrected chi connectivity index (χ2v) is 5.04. The van der Waals surface area contributed by atoms with E-state index >= 15 is 0 Å². The highest BCUT2D eigenvalue weighted by Gasteiger charge is 2.07. The molecule has 2 aromatic rings. The summed E-state index contributed by atoms with van der Waals surface area (Å²) >= 11 is 11.8. The number of nitrogens with two attached hydrogens (primary N) is 1. The molecule has 0 atom stereocenters. The Morgan fingerprint density at radius 1 is 1.24 bits per heavy atom. The van der Waals surface area contributed by atoms with Gasteiger partial charge in [-0.2, -0.15) is 0 Å². The topological polar surface area (TPSA) is 67.8 Å². The third-order valence-corrected chi connectivity index (χ3v) is 3.18. The van der Waals surface area contributed by atoms with Crippen LogP contribution in [0.5, 0.6) is 5.75 Å². The van der Waals surface area contributed by atoms with Gasteiger partial charge in [0.2, 0.25) is 0 Å². The lowest BCUT2D eigenvalue weighted by Crippen LogP contribution is -2.14. The largest absolute Gasteiger partial charge is 0.487 e. The fourth-order valence-electron chi connectivity index (χ4n) is 1.69. The van der Waals surface area contributed by atoms with Gasteiger partial charge >= 0.3 is 0 Å². The van der Waals surface area contributed by atoms with Crippen LogP contribution in [0.15, 0.2) is 41.6 Å². The number of nitrogens with zero attached hydrogens (tertiary/aromatic N) is 1. The summed E-state index contributed by atoms with van der Waals surface area (Å²) in [5, 5.41) is 12.3. The van der Waals surface area contributed by atoms with Gasteiger partial charge in [-0.3, -0.25) is 0 Å². The summed E-state index contributed by atoms with van der Waals surface area (Å²) in [4.78, 5) is 0. The van der Waals surface area contributed by atoms with Crippen LogP contribution in [0.3, 0.4) is 0 Å². The van der Waals surface area contributed by atoms with Gasteiger partial charge < -0.3 is 15.7 Å². The first kappa shape index (κ1) is 15.4. The molecule has 0 aromatic heterocycles. The third kappa shape index (κ3) is 4.00. The lowest BCUT2D eigenvalue weighted by atomic mass is 10.1. The summed E-state index contributed by atoms with van der Waals surface area (Å²) in [6, 6.07) is 8.81. The summed E-state index contributed by atoms with van der Waals surface area (Å²) in [6.07, 6.45) is 0. The van der Waals surface area contributed by atoms with Gasteiger partial charge in [-0.25, -0.2) is 4.39 Å². The van der Waals surface area contributed by atoms with E-state index in [9.17, 15) is 4.39 Å². The summed E-state index contributed by atoms with van der Waals surface area (Å²) in [6.45, 7) is 0.0742. The van der Waals surface area contributed by atoms with Crippen molar-refractivity contribution in [2.45, 2.75) is 6.61 Å². The van der Waals surface area contributed by atoms with Gasteiger partial charge in [0, 0.05) is 10.6 Å². The monoisotopic (exact) mass is 328 g/mol. The molecule has 110 valence electrons. The number of amidine groups is 1. The fourth-order valence-corrected chi connectivity index (χ4v) is 2.16. The maximum Gasteiger partial charge on any atom is 0.170 e. The maximum absolute atomic E-state index is 13.5. The van der Waals surface area contributed by atoms with Crippen LogP contribution in [0.2, 0.25) is 10.0 Å². The molecule has 0 amide bonds. The number of halogens is 3. The zero-order valence-corrected chi connectivity index (χ0v) is 12.2. The quantitative estimate of drug-likeness (QED) is 0.388. The highest BCUT2D eigenvalue weighted by molar-refractivity contribution is 6.35. The fraction of sp³-hybridized carbons (Fsp3) is 0.0714. The highest BCUT2D eigenvalue weighted by Crippen LogP contribution is 2.28. The number of hydrogen-bond donors (Lipinski definition) is 2. The molecule has 0 spiro atoms. The first-order valence-corrected chi connectivity index (χ1v) is 6.60. The zero-order chi connectivity index (χ0) is 15.4. The molecule has 4 nitrogen and oxygen atoms in total. The Morgan fingerprint density at radius 3 is 2.67 bits per heavy atom. The number of benzene rings is 2. The molecule has 0 bridgehead atoms. The third-order valence-electron chi connectivity index (χ3n) is 2.65. The minimum Gasteiger partial charge on any atom is -0.487 e. The second-order valence-electron chi connectivity index (χ2n) is 4.20. The Hall–Kier alpha value is -1.98. The van der Waals surface area contributed by atoms with Crippen LogP contribution < -0.4 is 10.5 Å². The van der Waals surface area contributed by atoms with Crippen LogP contribution >= 0.6 is 23.2 Å². The van der Waals surface area contributed by atoms with Crippen molar-refractivity contribution in [3.63, 3.8) is 0 Å². The summed E-state index contributed by atoms with van der Waals surface area (Å²) in [7, 11) is 0. The molecule has 3 N–H and O–H groups in total. The minimum atomic E-state index is -0.514. The maximum atomic E-state index is 13.5. The smallest absolute Gasteiger partial charge is 0.170 e. The second kappa shape index (κ2) is 6.65. The normalized spacial score (nSPS) is 11.5. The molecule has 0 aliphatic carbocycles. The number of rotatable bonds is 4. The number of hydrogen-bond acceptors (Lipinski definition) is 3. The molecule has 0 saturated heterocycles. The average molecular weight is 329 g/mol. The Morgan fingerprint density at radius 2 is 2.00 bits per heavy atom. The lowest BCUT2D eigenvalue weighted by molar-refractivity contribution is 0.305. The molecule has 0 radical (unpaired) electrons. The molecule has 0 aliphatic heterocycles. The molecule has 0 fully saturated rings. The molecule has 2 aromatic carbocycles. The Kier molecular flexibility index (Phi) is 4.88. The molecule has 0 saturated carbocycles. The number of oxime groups is 1. The highest BCUT2D eigenvalue weighted by atomic mass is 35.5. The Bertz CT molecular complexity index is 693. The first-order valence-electron chi connectivity index (χ1n) is 5.85. The van der Waals surface area contributed by atoms with Gasteiger partial charge in [0.15, 0.2) is 5.84 Å². The van der Waals surface area contributed by atoms with Crippen LogP contribution in [0.1, 0.15) is 11.1 Å². The van der Waals surface area contributed by atoms with Crippen LogP contribution in [-0.4, -0.2) is 11.0 Å². The van der Waals surface area contributed by atoms with E-state index in [1.807, 2.05) is 0 Å². The van der Waals surface area contributed by atoms with Crippen molar-refractivity contribution in [2.75, 3.05) is 0 Å². The minimum absolute atomic E-state index is 0.0742. The van der Waals surface area contributed by atoms with Gasteiger partial charge in [-0.05, 0) is 42.0 Å². The van der Waals surface area contributed by atoms with Gasteiger partial charge in [-0.15, -0.1) is 0 Å². The zero-order valence-electron chi connectivity index (χ0n) is 10.7. The predicted molar refractivity (Wildman–Crippen MR) is 79.7 cm³/mol. The summed E-state index contributed by atoms with van der Waals surface area (Å²) in [5.41, 5.74) is 6.22. The first-order chi connectivity index (χ1) is 9.99. The van der Waals surface area contributed by atoms with Gasteiger partial charge in [-0.1, -0.05) is 28.4 Å². The predicted octanol–water partition coefficient (Wildman–Crippen LogP) is 3.81. The molecule has 7 heteroatoms. The van der Waals surface area contributed by atoms with Gasteiger partial charge in [0.1, 0.15) is 18.2 Å². The van der Waals surface area contributed by atoms with E-state index in [1.165, 1.54) is 6.07 Å². The van der Waals surface area contributed by atoms with Crippen molar-refractivity contribution in [3.8, 4) is 5.75 Å². The van der Waals surface area contributed by atoms with Crippen LogP contribution in [0.25, 0.3) is 0 Å². The standard InChI is InChI=1S/C14H11Cl2FN2O2/c15-10-1-2-13(12(16)6-10)21-7-8-3-9(14(18)19-20)5-11(17)4-8/h1-6,20H,7H2,(H2,18,19). The Balaban J connectivity index is 2.18. The van der Waals surface area contributed by atoms with Crippen molar-refractivity contribution in [1.29, 1.82) is 0 Å². The molecule has 2 rings (SSSR count). The van der Waals surface area contributed by atoms with Crippen LogP contribution in [0.4, 0.5) is 4.39 Å². The summed E-state index contributed by atoms with van der Waals surface area (Å²) in [5.74, 6) is -0.268. The molecule has 0 aliphatic rings. The van der Waals surface area contributed by atoms with E-state index in [2.05, 4.69) is 5.16 Å². The van der Waals surface area contributed by atoms with E-state index < -0.39 is 5.82 Å².